The summed E-state index contributed by atoms with van der Waals surface area (Å²) in [5, 5.41) is 10.6. The van der Waals surface area contributed by atoms with E-state index in [1.807, 2.05) is 44.2 Å². The SMILES string of the molecule is CC(C)(C(=O)c1ccccc1)C(O)C1CCCCC1. The molecule has 0 amide bonds. The number of aliphatic hydroxyl groups is 1. The maximum atomic E-state index is 12.6. The summed E-state index contributed by atoms with van der Waals surface area (Å²) in [5.41, 5.74) is -0.00837. The molecule has 0 spiro atoms. The van der Waals surface area contributed by atoms with Gasteiger partial charge in [-0.2, -0.15) is 0 Å². The summed E-state index contributed by atoms with van der Waals surface area (Å²) < 4.78 is 0. The molecule has 1 aliphatic rings. The molecular weight excluding hydrogens is 236 g/mol. The molecule has 2 nitrogen and oxygen atoms in total. The smallest absolute Gasteiger partial charge is 0.171 e. The maximum Gasteiger partial charge on any atom is 0.171 e. The third kappa shape index (κ3) is 3.06. The molecule has 1 aromatic carbocycles. The van der Waals surface area contributed by atoms with Gasteiger partial charge < -0.3 is 5.11 Å². The number of hydrogen-bond acceptors (Lipinski definition) is 2. The zero-order chi connectivity index (χ0) is 13.9. The number of carbonyl (C=O) groups excluding carboxylic acids is 1. The maximum absolute atomic E-state index is 12.6. The van der Waals surface area contributed by atoms with Crippen molar-refractivity contribution in [3.8, 4) is 0 Å². The van der Waals surface area contributed by atoms with Gasteiger partial charge in [-0.3, -0.25) is 4.79 Å². The van der Waals surface area contributed by atoms with E-state index >= 15 is 0 Å². The highest BCUT2D eigenvalue weighted by atomic mass is 16.3. The minimum absolute atomic E-state index is 0.0474. The summed E-state index contributed by atoms with van der Waals surface area (Å²) in [6.45, 7) is 3.75. The number of hydrogen-bond donors (Lipinski definition) is 1. The molecule has 2 rings (SSSR count). The summed E-state index contributed by atoms with van der Waals surface area (Å²) in [6, 6.07) is 9.31. The molecule has 0 radical (unpaired) electrons. The lowest BCUT2D eigenvalue weighted by molar-refractivity contribution is -0.00280. The van der Waals surface area contributed by atoms with E-state index in [1.165, 1.54) is 19.3 Å². The molecule has 104 valence electrons. The Morgan fingerprint density at radius 1 is 1.16 bits per heavy atom. The van der Waals surface area contributed by atoms with E-state index in [0.717, 1.165) is 12.8 Å². The van der Waals surface area contributed by atoms with Gasteiger partial charge in [0.05, 0.1) is 11.5 Å². The monoisotopic (exact) mass is 260 g/mol. The fourth-order valence-corrected chi connectivity index (χ4v) is 3.14. The van der Waals surface area contributed by atoms with Gasteiger partial charge >= 0.3 is 0 Å². The van der Waals surface area contributed by atoms with Crippen molar-refractivity contribution < 1.29 is 9.90 Å². The second-order valence-corrected chi connectivity index (χ2v) is 6.26. The van der Waals surface area contributed by atoms with Gasteiger partial charge in [-0.1, -0.05) is 63.4 Å². The molecule has 1 atom stereocenters. The molecule has 1 saturated carbocycles. The van der Waals surface area contributed by atoms with E-state index in [9.17, 15) is 9.90 Å². The highest BCUT2D eigenvalue weighted by Crippen LogP contribution is 2.36. The molecule has 2 heteroatoms. The fourth-order valence-electron chi connectivity index (χ4n) is 3.14. The van der Waals surface area contributed by atoms with Gasteiger partial charge in [-0.05, 0) is 18.8 Å². The van der Waals surface area contributed by atoms with Crippen LogP contribution >= 0.6 is 0 Å². The van der Waals surface area contributed by atoms with Crippen molar-refractivity contribution in [2.75, 3.05) is 0 Å². The van der Waals surface area contributed by atoms with Gasteiger partial charge in [0.25, 0.3) is 0 Å². The second kappa shape index (κ2) is 5.87. The van der Waals surface area contributed by atoms with E-state index in [4.69, 9.17) is 0 Å². The quantitative estimate of drug-likeness (QED) is 0.835. The molecule has 1 unspecified atom stereocenters. The van der Waals surface area contributed by atoms with Crippen LogP contribution in [0.5, 0.6) is 0 Å². The lowest BCUT2D eigenvalue weighted by atomic mass is 9.70. The molecule has 1 N–H and O–H groups in total. The van der Waals surface area contributed by atoms with Crippen LogP contribution in [0.1, 0.15) is 56.3 Å². The van der Waals surface area contributed by atoms with Gasteiger partial charge in [0, 0.05) is 5.56 Å². The Labute approximate surface area is 115 Å². The molecule has 0 heterocycles. The largest absolute Gasteiger partial charge is 0.392 e. The van der Waals surface area contributed by atoms with E-state index in [0.29, 0.717) is 5.56 Å². The van der Waals surface area contributed by atoms with Gasteiger partial charge in [-0.15, -0.1) is 0 Å². The Kier molecular flexibility index (Phi) is 4.41. The summed E-state index contributed by atoms with van der Waals surface area (Å²) in [6.07, 6.45) is 5.17. The Morgan fingerprint density at radius 3 is 2.32 bits per heavy atom. The van der Waals surface area contributed by atoms with Gasteiger partial charge in [0.1, 0.15) is 0 Å². The number of aliphatic hydroxyl groups excluding tert-OH is 1. The summed E-state index contributed by atoms with van der Waals surface area (Å²) >= 11 is 0. The first-order valence-electron chi connectivity index (χ1n) is 7.31. The van der Waals surface area contributed by atoms with Crippen molar-refractivity contribution in [3.63, 3.8) is 0 Å². The first-order chi connectivity index (χ1) is 9.03. The molecule has 1 fully saturated rings. The van der Waals surface area contributed by atoms with Crippen molar-refractivity contribution in [2.45, 2.75) is 52.1 Å². The molecule has 1 aromatic rings. The van der Waals surface area contributed by atoms with Crippen LogP contribution < -0.4 is 0 Å². The van der Waals surface area contributed by atoms with Crippen molar-refractivity contribution >= 4 is 5.78 Å². The number of ketones is 1. The minimum Gasteiger partial charge on any atom is -0.392 e. The highest BCUT2D eigenvalue weighted by molar-refractivity contribution is 6.00. The van der Waals surface area contributed by atoms with Crippen LogP contribution in [0.15, 0.2) is 30.3 Å². The van der Waals surface area contributed by atoms with Crippen LogP contribution in [0.4, 0.5) is 0 Å². The molecule has 0 bridgehead atoms. The van der Waals surface area contributed by atoms with Crippen LogP contribution in [0, 0.1) is 11.3 Å². The van der Waals surface area contributed by atoms with Crippen molar-refractivity contribution in [2.24, 2.45) is 11.3 Å². The zero-order valence-corrected chi connectivity index (χ0v) is 11.9. The van der Waals surface area contributed by atoms with Crippen molar-refractivity contribution in [1.29, 1.82) is 0 Å². The number of Topliss-reactive ketones (excluding diaryl/α,β-unsaturated/α-hetero) is 1. The average Bonchev–Trinajstić information content (AvgIpc) is 2.47. The Balaban J connectivity index is 2.14. The lowest BCUT2D eigenvalue weighted by Gasteiger charge is -2.36. The first-order valence-corrected chi connectivity index (χ1v) is 7.31. The number of rotatable bonds is 4. The predicted molar refractivity (Wildman–Crippen MR) is 77.1 cm³/mol. The molecule has 19 heavy (non-hydrogen) atoms. The normalized spacial score (nSPS) is 19.1. The highest BCUT2D eigenvalue weighted by Gasteiger charge is 2.40. The Morgan fingerprint density at radius 2 is 1.74 bits per heavy atom. The van der Waals surface area contributed by atoms with Gasteiger partial charge in [0.2, 0.25) is 0 Å². The predicted octanol–water partition coefficient (Wildman–Crippen LogP) is 3.84. The van der Waals surface area contributed by atoms with Crippen molar-refractivity contribution in [1.82, 2.24) is 0 Å². The van der Waals surface area contributed by atoms with Crippen LogP contribution in [-0.4, -0.2) is 17.0 Å². The summed E-state index contributed by atoms with van der Waals surface area (Å²) in [4.78, 5) is 12.6. The third-order valence-corrected chi connectivity index (χ3v) is 4.46. The van der Waals surface area contributed by atoms with Crippen LogP contribution in [0.25, 0.3) is 0 Å². The summed E-state index contributed by atoms with van der Waals surface area (Å²) in [7, 11) is 0. The van der Waals surface area contributed by atoms with Gasteiger partial charge in [-0.25, -0.2) is 0 Å². The molecular formula is C17H24O2. The Bertz CT molecular complexity index is 416. The van der Waals surface area contributed by atoms with Crippen LogP contribution in [0.2, 0.25) is 0 Å². The van der Waals surface area contributed by atoms with E-state index < -0.39 is 11.5 Å². The van der Waals surface area contributed by atoms with Gasteiger partial charge in [0.15, 0.2) is 5.78 Å². The first kappa shape index (κ1) is 14.3. The third-order valence-electron chi connectivity index (χ3n) is 4.46. The van der Waals surface area contributed by atoms with Crippen LogP contribution in [0.3, 0.4) is 0 Å². The zero-order valence-electron chi connectivity index (χ0n) is 11.9. The van der Waals surface area contributed by atoms with E-state index in [2.05, 4.69) is 0 Å². The average molecular weight is 260 g/mol. The number of benzene rings is 1. The second-order valence-electron chi connectivity index (χ2n) is 6.26. The van der Waals surface area contributed by atoms with Crippen molar-refractivity contribution in [3.05, 3.63) is 35.9 Å². The number of carbonyl (C=O) groups is 1. The summed E-state index contributed by atoms with van der Waals surface area (Å²) in [5.74, 6) is 0.322. The standard InChI is InChI=1S/C17H24O2/c1-17(2,15(18)13-9-5-3-6-10-13)16(19)14-11-7-4-8-12-14/h3,5-6,9-10,14,16,19H,4,7-8,11-12H2,1-2H3. The molecule has 0 saturated heterocycles. The molecule has 0 aromatic heterocycles. The minimum atomic E-state index is -0.705. The fraction of sp³-hybridized carbons (Fsp3) is 0.588. The lowest BCUT2D eigenvalue weighted by Crippen LogP contribution is -2.42. The Hall–Kier alpha value is -1.15. The van der Waals surface area contributed by atoms with E-state index in [-0.39, 0.29) is 11.7 Å². The topological polar surface area (TPSA) is 37.3 Å². The molecule has 0 aliphatic heterocycles. The van der Waals surface area contributed by atoms with E-state index in [1.54, 1.807) is 0 Å². The molecule has 1 aliphatic carbocycles. The van der Waals surface area contributed by atoms with Crippen LogP contribution in [-0.2, 0) is 0 Å².